The van der Waals surface area contributed by atoms with E-state index in [1.54, 1.807) is 0 Å². The number of aliphatic carboxylic acids is 1. The van der Waals surface area contributed by atoms with E-state index in [0.29, 0.717) is 6.04 Å². The number of rotatable bonds is 6. The molecule has 0 aromatic heterocycles. The van der Waals surface area contributed by atoms with Crippen LogP contribution in [0.25, 0.3) is 0 Å². The molecule has 0 aliphatic carbocycles. The Balaban J connectivity index is 1.85. The van der Waals surface area contributed by atoms with Crippen molar-refractivity contribution in [2.24, 2.45) is 0 Å². The van der Waals surface area contributed by atoms with Crippen LogP contribution in [0.5, 0.6) is 0 Å². The van der Waals surface area contributed by atoms with Gasteiger partial charge in [-0.25, -0.2) is 0 Å². The van der Waals surface area contributed by atoms with Gasteiger partial charge in [-0.2, -0.15) is 0 Å². The van der Waals surface area contributed by atoms with Crippen LogP contribution in [-0.2, 0) is 11.3 Å². The van der Waals surface area contributed by atoms with Crippen molar-refractivity contribution in [1.29, 1.82) is 0 Å². The van der Waals surface area contributed by atoms with Crippen molar-refractivity contribution in [3.05, 3.63) is 35.9 Å². The summed E-state index contributed by atoms with van der Waals surface area (Å²) in [6, 6.07) is 11.2. The summed E-state index contributed by atoms with van der Waals surface area (Å²) in [6.45, 7) is 7.40. The van der Waals surface area contributed by atoms with Crippen molar-refractivity contribution in [2.45, 2.75) is 45.3 Å². The number of carboxylic acid groups (broad SMARTS) is 1. The molecule has 1 aliphatic rings. The van der Waals surface area contributed by atoms with Crippen LogP contribution in [0, 0.1) is 0 Å². The van der Waals surface area contributed by atoms with E-state index in [0.717, 1.165) is 32.5 Å². The molecule has 1 N–H and O–H groups in total. The molecule has 1 heterocycles. The first-order chi connectivity index (χ1) is 10.1. The van der Waals surface area contributed by atoms with Gasteiger partial charge in [0.1, 0.15) is 0 Å². The summed E-state index contributed by atoms with van der Waals surface area (Å²) in [7, 11) is 0. The minimum Gasteiger partial charge on any atom is -0.480 e. The Morgan fingerprint density at radius 2 is 1.90 bits per heavy atom. The Morgan fingerprint density at radius 1 is 1.29 bits per heavy atom. The summed E-state index contributed by atoms with van der Waals surface area (Å²) in [5.41, 5.74) is 1.35. The van der Waals surface area contributed by atoms with Crippen LogP contribution < -0.4 is 0 Å². The molecule has 1 saturated heterocycles. The topological polar surface area (TPSA) is 43.8 Å². The van der Waals surface area contributed by atoms with Crippen molar-refractivity contribution < 1.29 is 9.90 Å². The van der Waals surface area contributed by atoms with Crippen molar-refractivity contribution in [3.8, 4) is 0 Å². The van der Waals surface area contributed by atoms with Gasteiger partial charge in [-0.3, -0.25) is 14.6 Å². The minimum absolute atomic E-state index is 0.154. The number of hydrogen-bond donors (Lipinski definition) is 1. The summed E-state index contributed by atoms with van der Waals surface area (Å²) in [6.07, 6.45) is 2.11. The maximum absolute atomic E-state index is 11.0. The Kier molecular flexibility index (Phi) is 5.76. The monoisotopic (exact) mass is 290 g/mol. The van der Waals surface area contributed by atoms with Gasteiger partial charge in [0.25, 0.3) is 0 Å². The molecule has 0 saturated carbocycles. The van der Waals surface area contributed by atoms with Gasteiger partial charge in [-0.1, -0.05) is 30.3 Å². The van der Waals surface area contributed by atoms with Gasteiger partial charge in [0.2, 0.25) is 0 Å². The van der Waals surface area contributed by atoms with Gasteiger partial charge >= 0.3 is 5.97 Å². The molecule has 1 aromatic rings. The molecule has 0 bridgehead atoms. The molecule has 0 atom stereocenters. The van der Waals surface area contributed by atoms with Crippen LogP contribution in [0.3, 0.4) is 0 Å². The van der Waals surface area contributed by atoms with E-state index in [4.69, 9.17) is 5.11 Å². The highest BCUT2D eigenvalue weighted by atomic mass is 16.4. The second-order valence-corrected chi connectivity index (χ2v) is 6.15. The number of carbonyl (C=O) groups is 1. The third-order valence-corrected chi connectivity index (χ3v) is 4.26. The van der Waals surface area contributed by atoms with Gasteiger partial charge in [-0.15, -0.1) is 0 Å². The summed E-state index contributed by atoms with van der Waals surface area (Å²) >= 11 is 0. The third kappa shape index (κ3) is 4.83. The molecular formula is C17H26N2O2. The molecule has 4 heteroatoms. The van der Waals surface area contributed by atoms with Crippen molar-refractivity contribution in [2.75, 3.05) is 19.6 Å². The number of carboxylic acids is 1. The average Bonchev–Trinajstić information content (AvgIpc) is 2.46. The van der Waals surface area contributed by atoms with Crippen LogP contribution in [0.4, 0.5) is 0 Å². The highest BCUT2D eigenvalue weighted by Crippen LogP contribution is 2.20. The number of nitrogens with zero attached hydrogens (tertiary/aromatic N) is 2. The molecule has 1 aliphatic heterocycles. The van der Waals surface area contributed by atoms with Gasteiger partial charge in [0.15, 0.2) is 0 Å². The van der Waals surface area contributed by atoms with Gasteiger partial charge < -0.3 is 5.11 Å². The SMILES string of the molecule is CC(C)N(CC(=O)O)C1CCN(Cc2ccccc2)CC1. The molecule has 1 fully saturated rings. The normalized spacial score (nSPS) is 17.5. The quantitative estimate of drug-likeness (QED) is 0.874. The lowest BCUT2D eigenvalue weighted by molar-refractivity contribution is -0.139. The van der Waals surface area contributed by atoms with E-state index >= 15 is 0 Å². The molecule has 0 amide bonds. The van der Waals surface area contributed by atoms with Crippen molar-refractivity contribution in [1.82, 2.24) is 9.80 Å². The maximum Gasteiger partial charge on any atom is 0.317 e. The third-order valence-electron chi connectivity index (χ3n) is 4.26. The van der Waals surface area contributed by atoms with Gasteiger partial charge in [0.05, 0.1) is 6.54 Å². The van der Waals surface area contributed by atoms with Crippen LogP contribution in [0.15, 0.2) is 30.3 Å². The molecule has 21 heavy (non-hydrogen) atoms. The van der Waals surface area contributed by atoms with Crippen molar-refractivity contribution in [3.63, 3.8) is 0 Å². The predicted molar refractivity (Wildman–Crippen MR) is 84.2 cm³/mol. The standard InChI is InChI=1S/C17H26N2O2/c1-14(2)19(13-17(20)21)16-8-10-18(11-9-16)12-15-6-4-3-5-7-15/h3-7,14,16H,8-13H2,1-2H3,(H,20,21). The highest BCUT2D eigenvalue weighted by Gasteiger charge is 2.27. The largest absolute Gasteiger partial charge is 0.480 e. The van der Waals surface area contributed by atoms with Crippen LogP contribution >= 0.6 is 0 Å². The number of hydrogen-bond acceptors (Lipinski definition) is 3. The lowest BCUT2D eigenvalue weighted by Crippen LogP contribution is -2.49. The lowest BCUT2D eigenvalue weighted by atomic mass is 10.0. The van der Waals surface area contributed by atoms with E-state index in [2.05, 4.69) is 47.9 Å². The molecule has 116 valence electrons. The van der Waals surface area contributed by atoms with E-state index in [1.807, 2.05) is 6.07 Å². The van der Waals surface area contributed by atoms with E-state index in [1.165, 1.54) is 5.56 Å². The van der Waals surface area contributed by atoms with Crippen LogP contribution in [-0.4, -0.2) is 52.6 Å². The van der Waals surface area contributed by atoms with Crippen LogP contribution in [0.1, 0.15) is 32.3 Å². The van der Waals surface area contributed by atoms with Gasteiger partial charge in [0, 0.05) is 18.6 Å². The molecule has 0 radical (unpaired) electrons. The first-order valence-electron chi connectivity index (χ1n) is 7.80. The fourth-order valence-corrected chi connectivity index (χ4v) is 3.14. The Morgan fingerprint density at radius 3 is 2.43 bits per heavy atom. The highest BCUT2D eigenvalue weighted by molar-refractivity contribution is 5.69. The van der Waals surface area contributed by atoms with E-state index in [-0.39, 0.29) is 12.6 Å². The fourth-order valence-electron chi connectivity index (χ4n) is 3.14. The summed E-state index contributed by atoms with van der Waals surface area (Å²) in [5, 5.41) is 9.06. The summed E-state index contributed by atoms with van der Waals surface area (Å²) in [4.78, 5) is 15.6. The minimum atomic E-state index is -0.726. The molecule has 1 aromatic carbocycles. The van der Waals surface area contributed by atoms with Gasteiger partial charge in [-0.05, 0) is 45.3 Å². The maximum atomic E-state index is 11.0. The molecular weight excluding hydrogens is 264 g/mol. The number of piperidine rings is 1. The van der Waals surface area contributed by atoms with Crippen LogP contribution in [0.2, 0.25) is 0 Å². The number of likely N-dealkylation sites (tertiary alicyclic amines) is 1. The summed E-state index contributed by atoms with van der Waals surface area (Å²) in [5.74, 6) is -0.726. The molecule has 0 spiro atoms. The fraction of sp³-hybridized carbons (Fsp3) is 0.588. The first-order valence-corrected chi connectivity index (χ1v) is 7.80. The second kappa shape index (κ2) is 7.57. The smallest absolute Gasteiger partial charge is 0.317 e. The molecule has 2 rings (SSSR count). The second-order valence-electron chi connectivity index (χ2n) is 6.15. The summed E-state index contributed by atoms with van der Waals surface area (Å²) < 4.78 is 0. The molecule has 0 unspecified atom stereocenters. The zero-order valence-electron chi connectivity index (χ0n) is 13.0. The number of benzene rings is 1. The van der Waals surface area contributed by atoms with E-state index < -0.39 is 5.97 Å². The average molecular weight is 290 g/mol. The van der Waals surface area contributed by atoms with Crippen molar-refractivity contribution >= 4 is 5.97 Å². The zero-order chi connectivity index (χ0) is 15.2. The molecule has 4 nitrogen and oxygen atoms in total. The van der Waals surface area contributed by atoms with E-state index in [9.17, 15) is 4.79 Å². The lowest BCUT2D eigenvalue weighted by Gasteiger charge is -2.39. The predicted octanol–water partition coefficient (Wildman–Crippen LogP) is 2.45. The Hall–Kier alpha value is -1.39. The Labute approximate surface area is 127 Å². The first kappa shape index (κ1) is 16.0. The Bertz CT molecular complexity index is 439. The zero-order valence-corrected chi connectivity index (χ0v) is 13.0.